The van der Waals surface area contributed by atoms with E-state index in [4.69, 9.17) is 0 Å². The van der Waals surface area contributed by atoms with Gasteiger partial charge in [-0.3, -0.25) is 4.39 Å². The number of halogens is 1. The van der Waals surface area contributed by atoms with E-state index in [1.165, 1.54) is 100 Å². The molecule has 2 aromatic rings. The fourth-order valence-corrected chi connectivity index (χ4v) is 6.90. The fraction of sp³-hybridized carbons (Fsp3) is 0.647. The van der Waals surface area contributed by atoms with Crippen LogP contribution in [-0.2, 0) is 19.3 Å². The first-order valence-electron chi connectivity index (χ1n) is 15.0. The van der Waals surface area contributed by atoms with Gasteiger partial charge in [0.05, 0.1) is 6.67 Å². The summed E-state index contributed by atoms with van der Waals surface area (Å²) in [5, 5.41) is 0. The van der Waals surface area contributed by atoms with Gasteiger partial charge in [0.2, 0.25) is 0 Å². The van der Waals surface area contributed by atoms with E-state index >= 15 is 0 Å². The van der Waals surface area contributed by atoms with Gasteiger partial charge >= 0.3 is 0 Å². The molecular weight excluding hydrogens is 427 g/mol. The van der Waals surface area contributed by atoms with Crippen LogP contribution in [0.25, 0.3) is 0 Å². The number of hydrogen-bond donors (Lipinski definition) is 0. The first-order chi connectivity index (χ1) is 17.2. The second kappa shape index (κ2) is 14.2. The standard InChI is InChI=1S/C34H49F/c1-2-3-4-5-6-27-7-9-28(10-8-27)11-12-29-13-17-31(18-14-29)33-21-23-34(24-22-33)32-19-15-30(16-20-32)25-26-35/h7-10,13-14,17-18,30,32-34H,2-6,11-12,15-16,19-26H2,1H3. The third-order valence-corrected chi connectivity index (χ3v) is 9.34. The minimum absolute atomic E-state index is 0.119. The number of aryl methyl sites for hydroxylation is 3. The van der Waals surface area contributed by atoms with Crippen molar-refractivity contribution in [3.8, 4) is 0 Å². The van der Waals surface area contributed by atoms with Gasteiger partial charge in [-0.2, -0.15) is 0 Å². The van der Waals surface area contributed by atoms with E-state index in [-0.39, 0.29) is 6.67 Å². The molecule has 2 aliphatic rings. The lowest BCUT2D eigenvalue weighted by Crippen LogP contribution is -2.25. The molecule has 0 amide bonds. The van der Waals surface area contributed by atoms with Crippen LogP contribution in [0.15, 0.2) is 48.5 Å². The quantitative estimate of drug-likeness (QED) is 0.267. The molecule has 0 aliphatic heterocycles. The van der Waals surface area contributed by atoms with Crippen LogP contribution in [0.1, 0.15) is 119 Å². The summed E-state index contributed by atoms with van der Waals surface area (Å²) >= 11 is 0. The Balaban J connectivity index is 1.17. The zero-order valence-corrected chi connectivity index (χ0v) is 22.3. The Morgan fingerprint density at radius 1 is 0.600 bits per heavy atom. The monoisotopic (exact) mass is 476 g/mol. The van der Waals surface area contributed by atoms with Crippen LogP contribution in [0.4, 0.5) is 4.39 Å². The SMILES string of the molecule is CCCCCCc1ccc(CCc2ccc(C3CCC(C4CCC(CCF)CC4)CC3)cc2)cc1. The molecule has 0 unspecified atom stereocenters. The van der Waals surface area contributed by atoms with Gasteiger partial charge in [-0.1, -0.05) is 87.6 Å². The maximum absolute atomic E-state index is 12.6. The third-order valence-electron chi connectivity index (χ3n) is 9.34. The van der Waals surface area contributed by atoms with Crippen molar-refractivity contribution >= 4 is 0 Å². The van der Waals surface area contributed by atoms with Gasteiger partial charge in [0.1, 0.15) is 0 Å². The normalized spacial score (nSPS) is 25.0. The molecule has 2 aliphatic carbocycles. The average Bonchev–Trinajstić information content (AvgIpc) is 2.92. The lowest BCUT2D eigenvalue weighted by Gasteiger charge is -2.38. The second-order valence-corrected chi connectivity index (χ2v) is 11.7. The van der Waals surface area contributed by atoms with Crippen molar-refractivity contribution in [1.82, 2.24) is 0 Å². The van der Waals surface area contributed by atoms with Crippen molar-refractivity contribution in [3.63, 3.8) is 0 Å². The van der Waals surface area contributed by atoms with E-state index in [2.05, 4.69) is 55.5 Å². The molecule has 2 fully saturated rings. The Labute approximate surface area is 215 Å². The lowest BCUT2D eigenvalue weighted by molar-refractivity contribution is 0.153. The predicted octanol–water partition coefficient (Wildman–Crippen LogP) is 10.0. The molecule has 0 heterocycles. The van der Waals surface area contributed by atoms with Gasteiger partial charge in [0.15, 0.2) is 0 Å². The van der Waals surface area contributed by atoms with E-state index in [0.29, 0.717) is 5.92 Å². The van der Waals surface area contributed by atoms with Crippen molar-refractivity contribution in [2.24, 2.45) is 17.8 Å². The molecule has 0 spiro atoms. The molecule has 2 aromatic carbocycles. The second-order valence-electron chi connectivity index (χ2n) is 11.7. The minimum atomic E-state index is -0.119. The summed E-state index contributed by atoms with van der Waals surface area (Å²) in [7, 11) is 0. The highest BCUT2D eigenvalue weighted by atomic mass is 19.1. The van der Waals surface area contributed by atoms with Crippen molar-refractivity contribution in [3.05, 3.63) is 70.8 Å². The minimum Gasteiger partial charge on any atom is -0.251 e. The topological polar surface area (TPSA) is 0 Å². The summed E-state index contributed by atoms with van der Waals surface area (Å²) in [4.78, 5) is 0. The molecular formula is C34H49F. The summed E-state index contributed by atoms with van der Waals surface area (Å²) in [6, 6.07) is 19.0. The molecule has 0 N–H and O–H groups in total. The number of benzene rings is 2. The number of rotatable bonds is 12. The van der Waals surface area contributed by atoms with Gasteiger partial charge in [-0.25, -0.2) is 0 Å². The van der Waals surface area contributed by atoms with Crippen molar-refractivity contribution in [2.45, 2.75) is 116 Å². The predicted molar refractivity (Wildman–Crippen MR) is 149 cm³/mol. The number of unbranched alkanes of at least 4 members (excludes halogenated alkanes) is 3. The molecule has 2 saturated carbocycles. The summed E-state index contributed by atoms with van der Waals surface area (Å²) in [6.07, 6.45) is 20.5. The molecule has 1 heteroatoms. The number of hydrogen-bond acceptors (Lipinski definition) is 0. The van der Waals surface area contributed by atoms with E-state index in [0.717, 1.165) is 37.0 Å². The third kappa shape index (κ3) is 8.19. The van der Waals surface area contributed by atoms with Crippen LogP contribution in [0.3, 0.4) is 0 Å². The van der Waals surface area contributed by atoms with Crippen LogP contribution in [-0.4, -0.2) is 6.67 Å². The largest absolute Gasteiger partial charge is 0.251 e. The van der Waals surface area contributed by atoms with E-state index in [1.54, 1.807) is 5.56 Å². The highest BCUT2D eigenvalue weighted by Crippen LogP contribution is 2.44. The maximum Gasteiger partial charge on any atom is 0.0897 e. The molecule has 0 bridgehead atoms. The molecule has 4 rings (SSSR count). The molecule has 0 nitrogen and oxygen atoms in total. The molecule has 35 heavy (non-hydrogen) atoms. The van der Waals surface area contributed by atoms with Gasteiger partial charge < -0.3 is 0 Å². The van der Waals surface area contributed by atoms with Gasteiger partial charge in [-0.15, -0.1) is 0 Å². The van der Waals surface area contributed by atoms with Gasteiger partial charge in [0, 0.05) is 0 Å². The van der Waals surface area contributed by atoms with Crippen LogP contribution < -0.4 is 0 Å². The van der Waals surface area contributed by atoms with Crippen LogP contribution >= 0.6 is 0 Å². The maximum atomic E-state index is 12.6. The Kier molecular flexibility index (Phi) is 10.7. The van der Waals surface area contributed by atoms with E-state index < -0.39 is 0 Å². The molecule has 0 aromatic heterocycles. The Hall–Kier alpha value is -1.63. The highest BCUT2D eigenvalue weighted by Gasteiger charge is 2.31. The first kappa shape index (κ1) is 26.4. The summed E-state index contributed by atoms with van der Waals surface area (Å²) in [6.45, 7) is 2.16. The van der Waals surface area contributed by atoms with E-state index in [9.17, 15) is 4.39 Å². The lowest BCUT2D eigenvalue weighted by atomic mass is 9.68. The van der Waals surface area contributed by atoms with Crippen LogP contribution in [0.2, 0.25) is 0 Å². The van der Waals surface area contributed by atoms with Crippen molar-refractivity contribution in [1.29, 1.82) is 0 Å². The van der Waals surface area contributed by atoms with Gasteiger partial charge in [0.25, 0.3) is 0 Å². The molecule has 192 valence electrons. The molecule has 0 saturated heterocycles. The molecule has 0 atom stereocenters. The van der Waals surface area contributed by atoms with Gasteiger partial charge in [-0.05, 0) is 117 Å². The molecule has 0 radical (unpaired) electrons. The number of alkyl halides is 1. The summed E-state index contributed by atoms with van der Waals surface area (Å²) in [5.41, 5.74) is 5.99. The highest BCUT2D eigenvalue weighted by molar-refractivity contribution is 5.28. The zero-order valence-electron chi connectivity index (χ0n) is 22.3. The summed E-state index contributed by atoms with van der Waals surface area (Å²) < 4.78 is 12.6. The van der Waals surface area contributed by atoms with E-state index in [1.807, 2.05) is 0 Å². The van der Waals surface area contributed by atoms with Crippen molar-refractivity contribution < 1.29 is 4.39 Å². The zero-order chi connectivity index (χ0) is 24.3. The van der Waals surface area contributed by atoms with Crippen LogP contribution in [0.5, 0.6) is 0 Å². The smallest absolute Gasteiger partial charge is 0.0897 e. The fourth-order valence-electron chi connectivity index (χ4n) is 6.90. The summed E-state index contributed by atoms with van der Waals surface area (Å²) in [5.74, 6) is 3.28. The average molecular weight is 477 g/mol. The Bertz CT molecular complexity index is 820. The van der Waals surface area contributed by atoms with Crippen LogP contribution in [0, 0.1) is 17.8 Å². The van der Waals surface area contributed by atoms with Crippen molar-refractivity contribution in [2.75, 3.05) is 6.67 Å². The first-order valence-corrected chi connectivity index (χ1v) is 15.0. The Morgan fingerprint density at radius 3 is 1.66 bits per heavy atom. The Morgan fingerprint density at radius 2 is 1.11 bits per heavy atom.